The molecular weight excluding hydrogens is 626 g/mol. The number of carbonyl (C=O) groups excluding carboxylic acids is 4. The van der Waals surface area contributed by atoms with E-state index in [9.17, 15) is 19.2 Å². The number of likely N-dealkylation sites (N-methyl/N-ethyl adjacent to an activating group) is 1. The molecule has 2 aliphatic heterocycles. The molecular formula is C39H57NO9. The summed E-state index contributed by atoms with van der Waals surface area (Å²) in [6.07, 6.45) is 0.837. The lowest BCUT2D eigenvalue weighted by molar-refractivity contribution is -0.295. The van der Waals surface area contributed by atoms with Gasteiger partial charge in [0.05, 0.1) is 36.0 Å². The number of esters is 2. The van der Waals surface area contributed by atoms with Crippen molar-refractivity contribution in [2.75, 3.05) is 20.7 Å². The average Bonchev–Trinajstić information content (AvgIpc) is 3.07. The van der Waals surface area contributed by atoms with E-state index in [1.165, 1.54) is 0 Å². The van der Waals surface area contributed by atoms with Crippen molar-refractivity contribution in [3.05, 3.63) is 60.2 Å². The van der Waals surface area contributed by atoms with Gasteiger partial charge in [-0.1, -0.05) is 58.0 Å². The van der Waals surface area contributed by atoms with Gasteiger partial charge in [0.2, 0.25) is 0 Å². The van der Waals surface area contributed by atoms with Crippen LogP contribution in [-0.2, 0) is 38.1 Å². The molecule has 1 unspecified atom stereocenters. The van der Waals surface area contributed by atoms with Gasteiger partial charge in [0.25, 0.3) is 0 Å². The number of hydrogen-bond acceptors (Lipinski definition) is 10. The van der Waals surface area contributed by atoms with Crippen molar-refractivity contribution in [1.29, 1.82) is 0 Å². The zero-order valence-electron chi connectivity index (χ0n) is 31.0. The van der Waals surface area contributed by atoms with Gasteiger partial charge in [0, 0.05) is 17.8 Å². The smallest absolute Gasteiger partial charge is 0.338 e. The van der Waals surface area contributed by atoms with Crippen molar-refractivity contribution in [2.24, 2.45) is 23.7 Å². The Morgan fingerprint density at radius 1 is 1.08 bits per heavy atom. The highest BCUT2D eigenvalue weighted by atomic mass is 16.7. The van der Waals surface area contributed by atoms with Gasteiger partial charge in [-0.25, -0.2) is 4.79 Å². The van der Waals surface area contributed by atoms with Gasteiger partial charge in [0.1, 0.15) is 12.0 Å². The largest absolute Gasteiger partial charge is 0.461 e. The molecule has 1 aromatic carbocycles. The third-order valence-corrected chi connectivity index (χ3v) is 9.92. The van der Waals surface area contributed by atoms with Gasteiger partial charge >= 0.3 is 11.9 Å². The third kappa shape index (κ3) is 9.96. The molecule has 0 spiro atoms. The Balaban J connectivity index is 2.16. The Bertz CT molecular complexity index is 1340. The third-order valence-electron chi connectivity index (χ3n) is 9.92. The average molecular weight is 684 g/mol. The number of hydrogen-bond donors (Lipinski definition) is 0. The van der Waals surface area contributed by atoms with E-state index in [0.29, 0.717) is 24.0 Å². The first-order chi connectivity index (χ1) is 23.0. The Morgan fingerprint density at radius 3 is 2.33 bits per heavy atom. The number of Topliss-reactive ketones (excluding diaryl/α,β-unsaturated/α-hetero) is 2. The first-order valence-electron chi connectivity index (χ1n) is 17.5. The molecule has 272 valence electrons. The maximum absolute atomic E-state index is 14.2. The minimum Gasteiger partial charge on any atom is -0.461 e. The first-order valence-corrected chi connectivity index (χ1v) is 17.5. The molecule has 1 aromatic rings. The van der Waals surface area contributed by atoms with E-state index < -0.39 is 65.7 Å². The molecule has 0 radical (unpaired) electrons. The summed E-state index contributed by atoms with van der Waals surface area (Å²) in [7, 11) is 3.80. The van der Waals surface area contributed by atoms with Gasteiger partial charge in [-0.15, -0.1) is 6.58 Å². The molecule has 10 heteroatoms. The van der Waals surface area contributed by atoms with Crippen LogP contribution in [0, 0.1) is 23.7 Å². The number of nitrogens with zero attached hydrogens (tertiary/aromatic N) is 1. The van der Waals surface area contributed by atoms with E-state index >= 15 is 0 Å². The van der Waals surface area contributed by atoms with Crippen molar-refractivity contribution in [3.63, 3.8) is 0 Å². The zero-order valence-corrected chi connectivity index (χ0v) is 31.0. The summed E-state index contributed by atoms with van der Waals surface area (Å²) in [5.41, 5.74) is -0.324. The molecule has 0 amide bonds. The number of ether oxygens (including phenoxy) is 5. The molecule has 2 aliphatic rings. The second-order valence-corrected chi connectivity index (χ2v) is 14.3. The van der Waals surface area contributed by atoms with E-state index in [2.05, 4.69) is 6.58 Å². The van der Waals surface area contributed by atoms with Gasteiger partial charge in [-0.3, -0.25) is 14.4 Å². The number of cyclic esters (lactones) is 1. The summed E-state index contributed by atoms with van der Waals surface area (Å²) in [4.78, 5) is 56.9. The standard InChI is InChI=1S/C39H57NO9/c1-12-19-45-39(9)22-25(5)32(41)24(4)20-23(3)31(13-2)47-36(43)28(8)33(42)27(7)35(39)49-38-34(30(40(10)11)21-26(6)46-38)48-37(44)29-17-15-14-16-18-29/h12,14-18,20,23,25-28,30-31,34-35,38H,1,13,19,21-22H2,2-11H3/t23-,25+,26+,27-,28+,30-,31+,34+,35+,38?,39-/m0/s1. The molecule has 3 rings (SSSR count). The van der Waals surface area contributed by atoms with Crippen molar-refractivity contribution in [3.8, 4) is 0 Å². The number of benzene rings is 1. The maximum Gasteiger partial charge on any atom is 0.338 e. The summed E-state index contributed by atoms with van der Waals surface area (Å²) in [5, 5.41) is 0. The SMILES string of the molecule is C=CCO[C@@]1(C)C[C@@H](C)C(=O)C(C)=C[C@H](C)[C@@H](CC)OC(=O)[C@H](C)C(=O)[C@H](C)[C@H]1OC1O[C@H](C)C[C@H](N(C)C)[C@H]1OC(=O)c1ccccc1. The first kappa shape index (κ1) is 40.3. The molecule has 10 nitrogen and oxygen atoms in total. The molecule has 49 heavy (non-hydrogen) atoms. The second-order valence-electron chi connectivity index (χ2n) is 14.3. The monoisotopic (exact) mass is 683 g/mol. The van der Waals surface area contributed by atoms with Crippen LogP contribution in [0.2, 0.25) is 0 Å². The van der Waals surface area contributed by atoms with Crippen LogP contribution < -0.4 is 0 Å². The maximum atomic E-state index is 14.2. The van der Waals surface area contributed by atoms with E-state index in [0.717, 1.165) is 0 Å². The molecule has 11 atom stereocenters. The molecule has 1 fully saturated rings. The highest BCUT2D eigenvalue weighted by Crippen LogP contribution is 2.38. The molecule has 0 aromatic heterocycles. The van der Waals surface area contributed by atoms with Crippen LogP contribution in [0.1, 0.15) is 85.0 Å². The van der Waals surface area contributed by atoms with E-state index in [-0.39, 0.29) is 36.9 Å². The van der Waals surface area contributed by atoms with Gasteiger partial charge in [-0.05, 0) is 78.8 Å². The topological polar surface area (TPSA) is 118 Å². The predicted octanol–water partition coefficient (Wildman–Crippen LogP) is 5.98. The molecule has 0 saturated carbocycles. The van der Waals surface area contributed by atoms with Crippen LogP contribution in [0.4, 0.5) is 0 Å². The number of allylic oxidation sites excluding steroid dienone is 1. The number of ketones is 2. The van der Waals surface area contributed by atoms with Gasteiger partial charge in [0.15, 0.2) is 24.0 Å². The number of carbonyl (C=O) groups is 4. The lowest BCUT2D eigenvalue weighted by atomic mass is 9.77. The van der Waals surface area contributed by atoms with Crippen LogP contribution in [0.25, 0.3) is 0 Å². The zero-order chi connectivity index (χ0) is 36.6. The molecule has 1 saturated heterocycles. The van der Waals surface area contributed by atoms with Crippen LogP contribution in [0.5, 0.6) is 0 Å². The Kier molecular flexibility index (Phi) is 14.5. The van der Waals surface area contributed by atoms with Crippen molar-refractivity contribution >= 4 is 23.5 Å². The fourth-order valence-electron chi connectivity index (χ4n) is 7.12. The minimum atomic E-state index is -1.25. The summed E-state index contributed by atoms with van der Waals surface area (Å²) in [6.45, 7) is 18.3. The van der Waals surface area contributed by atoms with Crippen molar-refractivity contribution in [1.82, 2.24) is 4.90 Å². The summed E-state index contributed by atoms with van der Waals surface area (Å²) in [6, 6.07) is 8.39. The lowest BCUT2D eigenvalue weighted by Gasteiger charge is -2.47. The highest BCUT2D eigenvalue weighted by molar-refractivity contribution is 6.00. The highest BCUT2D eigenvalue weighted by Gasteiger charge is 2.51. The number of rotatable bonds is 9. The van der Waals surface area contributed by atoms with Crippen molar-refractivity contribution < 1.29 is 42.9 Å². The normalized spacial score (nSPS) is 35.2. The summed E-state index contributed by atoms with van der Waals surface area (Å²) < 4.78 is 31.7. The summed E-state index contributed by atoms with van der Waals surface area (Å²) in [5.74, 6) is -4.47. The van der Waals surface area contributed by atoms with E-state index in [4.69, 9.17) is 23.7 Å². The minimum absolute atomic E-state index is 0.0884. The van der Waals surface area contributed by atoms with Crippen LogP contribution >= 0.6 is 0 Å². The Hall–Kier alpha value is -3.18. The van der Waals surface area contributed by atoms with Crippen molar-refractivity contribution in [2.45, 2.75) is 117 Å². The lowest BCUT2D eigenvalue weighted by Crippen LogP contribution is -2.60. The molecule has 2 heterocycles. The quantitative estimate of drug-likeness (QED) is 0.175. The fraction of sp³-hybridized carbons (Fsp3) is 0.641. The second kappa shape index (κ2) is 17.7. The predicted molar refractivity (Wildman–Crippen MR) is 187 cm³/mol. The van der Waals surface area contributed by atoms with Crippen LogP contribution in [0.3, 0.4) is 0 Å². The van der Waals surface area contributed by atoms with E-state index in [1.807, 2.05) is 58.8 Å². The molecule has 0 N–H and O–H groups in total. The Morgan fingerprint density at radius 2 is 1.73 bits per heavy atom. The molecule has 0 aliphatic carbocycles. The van der Waals surface area contributed by atoms with Gasteiger partial charge in [-0.2, -0.15) is 0 Å². The fourth-order valence-corrected chi connectivity index (χ4v) is 7.12. The van der Waals surface area contributed by atoms with Crippen LogP contribution in [0.15, 0.2) is 54.6 Å². The Labute approximate surface area is 292 Å². The summed E-state index contributed by atoms with van der Waals surface area (Å²) >= 11 is 0. The van der Waals surface area contributed by atoms with Crippen LogP contribution in [-0.4, -0.2) is 91.5 Å². The van der Waals surface area contributed by atoms with E-state index in [1.54, 1.807) is 58.0 Å². The van der Waals surface area contributed by atoms with Gasteiger partial charge < -0.3 is 28.6 Å². The molecule has 0 bridgehead atoms.